The summed E-state index contributed by atoms with van der Waals surface area (Å²) in [5.41, 5.74) is 22.1. The van der Waals surface area contributed by atoms with Gasteiger partial charge in [0, 0.05) is 78.6 Å². The highest BCUT2D eigenvalue weighted by Gasteiger charge is 2.42. The number of hydrogen-bond acceptors (Lipinski definition) is 4. The van der Waals surface area contributed by atoms with E-state index in [4.69, 9.17) is 8.83 Å². The Morgan fingerprint density at radius 3 is 0.962 bits per heavy atom. The van der Waals surface area contributed by atoms with E-state index in [1.165, 1.54) is 55.6 Å². The van der Waals surface area contributed by atoms with Crippen molar-refractivity contribution in [2.24, 2.45) is 0 Å². The van der Waals surface area contributed by atoms with Crippen LogP contribution in [0.4, 0.5) is 34.1 Å². The number of furan rings is 2. The van der Waals surface area contributed by atoms with Gasteiger partial charge in [-0.05, 0) is 177 Å². The summed E-state index contributed by atoms with van der Waals surface area (Å²) in [5, 5.41) is 6.59. The van der Waals surface area contributed by atoms with E-state index < -0.39 is 0 Å². The second kappa shape index (κ2) is 16.8. The van der Waals surface area contributed by atoms with Gasteiger partial charge in [0.05, 0.1) is 0 Å². The highest BCUT2D eigenvalue weighted by Crippen LogP contribution is 2.55. The molecule has 16 rings (SSSR count). The molecule has 0 amide bonds. The molecule has 0 saturated heterocycles. The SMILES string of the molecule is CC1(c2cccc(N(c3ccccc3)c3ccc4c(c3)oc3ccc5c(ccc6oc7cc(N(c8ccccc8)c8cccc(C9(C)c%10ccccc%10-c%10ccccc%109)c8)ccc7c65)c34)c2)c2ccccc2-c2ccccc21. The van der Waals surface area contributed by atoms with E-state index in [1.807, 2.05) is 0 Å². The van der Waals surface area contributed by atoms with Crippen molar-refractivity contribution in [2.45, 2.75) is 24.7 Å². The summed E-state index contributed by atoms with van der Waals surface area (Å²) in [6.45, 7) is 4.75. The first kappa shape index (κ1) is 44.4. The second-order valence-corrected chi connectivity index (χ2v) is 21.4. The predicted octanol–water partition coefficient (Wildman–Crippen LogP) is 20.2. The maximum Gasteiger partial charge on any atom is 0.137 e. The van der Waals surface area contributed by atoms with Gasteiger partial charge in [-0.15, -0.1) is 0 Å². The summed E-state index contributed by atoms with van der Waals surface area (Å²) in [6.07, 6.45) is 0. The van der Waals surface area contributed by atoms with Crippen LogP contribution in [0, 0.1) is 0 Å². The number of hydrogen-bond donors (Lipinski definition) is 0. The maximum absolute atomic E-state index is 6.86. The van der Waals surface area contributed by atoms with Gasteiger partial charge in [0.1, 0.15) is 22.3 Å². The molecule has 14 aromatic rings. The van der Waals surface area contributed by atoms with Gasteiger partial charge in [-0.3, -0.25) is 0 Å². The van der Waals surface area contributed by atoms with E-state index in [1.54, 1.807) is 0 Å². The van der Waals surface area contributed by atoms with E-state index in [0.717, 1.165) is 88.8 Å². The molecule has 368 valence electrons. The van der Waals surface area contributed by atoms with Crippen LogP contribution in [0.2, 0.25) is 0 Å². The topological polar surface area (TPSA) is 32.8 Å². The number of para-hydroxylation sites is 2. The minimum Gasteiger partial charge on any atom is -0.456 e. The largest absolute Gasteiger partial charge is 0.456 e. The fourth-order valence-electron chi connectivity index (χ4n) is 13.7. The van der Waals surface area contributed by atoms with Gasteiger partial charge >= 0.3 is 0 Å². The normalized spacial score (nSPS) is 13.7. The molecule has 0 saturated carbocycles. The average molecular weight is 999 g/mol. The Morgan fingerprint density at radius 1 is 0.256 bits per heavy atom. The summed E-state index contributed by atoms with van der Waals surface area (Å²) in [5.74, 6) is 0. The van der Waals surface area contributed by atoms with E-state index in [2.05, 4.69) is 291 Å². The van der Waals surface area contributed by atoms with Crippen LogP contribution < -0.4 is 9.80 Å². The summed E-state index contributed by atoms with van der Waals surface area (Å²) >= 11 is 0. The Morgan fingerprint density at radius 2 is 0.577 bits per heavy atom. The van der Waals surface area contributed by atoms with Gasteiger partial charge in [0.25, 0.3) is 0 Å². The van der Waals surface area contributed by atoms with Crippen LogP contribution in [0.5, 0.6) is 0 Å². The lowest BCUT2D eigenvalue weighted by Gasteiger charge is -2.31. The fourth-order valence-corrected chi connectivity index (χ4v) is 13.7. The minimum atomic E-state index is -0.325. The number of nitrogens with zero attached hydrogens (tertiary/aromatic N) is 2. The zero-order valence-electron chi connectivity index (χ0n) is 43.1. The Bertz CT molecular complexity index is 4350. The number of fused-ring (bicyclic) bond motifs is 15. The van der Waals surface area contributed by atoms with Crippen molar-refractivity contribution in [3.05, 3.63) is 300 Å². The summed E-state index contributed by atoms with van der Waals surface area (Å²) in [6, 6.07) is 97.0. The van der Waals surface area contributed by atoms with Gasteiger partial charge in [0.2, 0.25) is 0 Å². The summed E-state index contributed by atoms with van der Waals surface area (Å²) in [7, 11) is 0. The van der Waals surface area contributed by atoms with Crippen LogP contribution in [0.1, 0.15) is 47.2 Å². The molecule has 0 unspecified atom stereocenters. The standard InChI is InChI=1S/C74H50N2O2/c1-73(63-31-13-9-27-55(63)56-28-10-14-32-64(56)73)47-19-17-25-51(43-47)75(49-21-5-3-6-22-49)53-35-37-61-69(45-53)77-67-41-39-60-59(71(61)67)40-42-68-72(60)62-38-36-54(46-70(62)78-68)76(50-23-7-4-8-24-50)52-26-18-20-48(44-52)74(2)65-33-15-11-29-57(65)58-30-12-16-34-66(58)74/h3-46H,1-2H3. The van der Waals surface area contributed by atoms with Crippen molar-refractivity contribution in [2.75, 3.05) is 9.80 Å². The lowest BCUT2D eigenvalue weighted by atomic mass is 9.74. The third-order valence-corrected chi connectivity index (χ3v) is 17.4. The second-order valence-electron chi connectivity index (χ2n) is 21.4. The molecular weight excluding hydrogens is 949 g/mol. The molecule has 2 aromatic heterocycles. The fraction of sp³-hybridized carbons (Fsp3) is 0.0541. The first-order valence-electron chi connectivity index (χ1n) is 27.0. The lowest BCUT2D eigenvalue weighted by molar-refractivity contribution is 0.668. The molecule has 0 radical (unpaired) electrons. The third-order valence-electron chi connectivity index (χ3n) is 17.4. The molecule has 0 atom stereocenters. The van der Waals surface area contributed by atoms with Crippen molar-refractivity contribution >= 4 is 88.8 Å². The van der Waals surface area contributed by atoms with E-state index in [0.29, 0.717) is 0 Å². The highest BCUT2D eigenvalue weighted by atomic mass is 16.3. The molecule has 4 heteroatoms. The molecule has 78 heavy (non-hydrogen) atoms. The molecular formula is C74H50N2O2. The smallest absolute Gasteiger partial charge is 0.137 e. The lowest BCUT2D eigenvalue weighted by Crippen LogP contribution is -2.23. The third kappa shape index (κ3) is 6.35. The van der Waals surface area contributed by atoms with Crippen LogP contribution in [0.25, 0.3) is 76.9 Å². The highest BCUT2D eigenvalue weighted by molar-refractivity contribution is 6.27. The van der Waals surface area contributed by atoms with Crippen molar-refractivity contribution in [3.8, 4) is 22.3 Å². The molecule has 4 nitrogen and oxygen atoms in total. The van der Waals surface area contributed by atoms with Crippen LogP contribution >= 0.6 is 0 Å². The molecule has 2 aliphatic carbocycles. The van der Waals surface area contributed by atoms with Crippen molar-refractivity contribution in [1.82, 2.24) is 0 Å². The van der Waals surface area contributed by atoms with E-state index in [9.17, 15) is 0 Å². The van der Waals surface area contributed by atoms with Gasteiger partial charge < -0.3 is 18.6 Å². The van der Waals surface area contributed by atoms with E-state index >= 15 is 0 Å². The number of rotatable bonds is 8. The van der Waals surface area contributed by atoms with Gasteiger partial charge in [0.15, 0.2) is 0 Å². The Labute approximate surface area is 452 Å². The molecule has 0 bridgehead atoms. The van der Waals surface area contributed by atoms with Crippen molar-refractivity contribution < 1.29 is 8.83 Å². The quantitative estimate of drug-likeness (QED) is 0.152. The van der Waals surface area contributed by atoms with Crippen LogP contribution in [0.15, 0.2) is 276 Å². The zero-order chi connectivity index (χ0) is 51.7. The molecule has 2 heterocycles. The maximum atomic E-state index is 6.86. The molecule has 2 aliphatic rings. The van der Waals surface area contributed by atoms with Crippen LogP contribution in [0.3, 0.4) is 0 Å². The zero-order valence-corrected chi connectivity index (χ0v) is 43.1. The van der Waals surface area contributed by atoms with Gasteiger partial charge in [-0.2, -0.15) is 0 Å². The van der Waals surface area contributed by atoms with Gasteiger partial charge in [-0.25, -0.2) is 0 Å². The summed E-state index contributed by atoms with van der Waals surface area (Å²) in [4.78, 5) is 4.70. The van der Waals surface area contributed by atoms with E-state index in [-0.39, 0.29) is 10.8 Å². The number of benzene rings is 12. The Hall–Kier alpha value is -9.90. The average Bonchev–Trinajstić information content (AvgIpc) is 4.35. The summed E-state index contributed by atoms with van der Waals surface area (Å²) < 4.78 is 13.7. The van der Waals surface area contributed by atoms with Crippen molar-refractivity contribution in [3.63, 3.8) is 0 Å². The first-order valence-corrected chi connectivity index (χ1v) is 27.0. The van der Waals surface area contributed by atoms with Crippen molar-refractivity contribution in [1.29, 1.82) is 0 Å². The minimum absolute atomic E-state index is 0.325. The van der Waals surface area contributed by atoms with Crippen LogP contribution in [-0.2, 0) is 10.8 Å². The Balaban J connectivity index is 0.795. The predicted molar refractivity (Wildman–Crippen MR) is 323 cm³/mol. The molecule has 0 spiro atoms. The first-order chi connectivity index (χ1) is 38.4. The Kier molecular flexibility index (Phi) is 9.56. The molecule has 0 fully saturated rings. The monoisotopic (exact) mass is 998 g/mol. The van der Waals surface area contributed by atoms with Crippen LogP contribution in [-0.4, -0.2) is 0 Å². The molecule has 0 N–H and O–H groups in total. The van der Waals surface area contributed by atoms with Gasteiger partial charge in [-0.1, -0.05) is 158 Å². The molecule has 0 aliphatic heterocycles. The number of anilines is 6. The molecule has 12 aromatic carbocycles.